The minimum absolute atomic E-state index is 0.435. The van der Waals surface area contributed by atoms with E-state index in [1.54, 1.807) is 6.20 Å². The number of pyridine rings is 1. The highest BCUT2D eigenvalue weighted by atomic mass is 16.5. The lowest BCUT2D eigenvalue weighted by Crippen LogP contribution is -2.03. The molecule has 0 bridgehead atoms. The largest absolute Gasteiger partial charge is 0.490 e. The summed E-state index contributed by atoms with van der Waals surface area (Å²) >= 11 is 0. The van der Waals surface area contributed by atoms with Gasteiger partial charge in [-0.3, -0.25) is 4.98 Å². The molecule has 0 aliphatic carbocycles. The summed E-state index contributed by atoms with van der Waals surface area (Å²) < 4.78 is 11.5. The third kappa shape index (κ3) is 3.96. The molecule has 4 heteroatoms. The Morgan fingerprint density at radius 3 is 2.55 bits per heavy atom. The van der Waals surface area contributed by atoms with Gasteiger partial charge in [-0.05, 0) is 36.2 Å². The van der Waals surface area contributed by atoms with E-state index in [1.165, 1.54) is 0 Å². The number of para-hydroxylation sites is 2. The minimum atomic E-state index is 0.435. The lowest BCUT2D eigenvalue weighted by atomic mass is 10.2. The molecule has 1 aromatic heterocycles. The first-order chi connectivity index (χ1) is 9.83. The summed E-state index contributed by atoms with van der Waals surface area (Å²) in [5, 5.41) is 0. The first-order valence-electron chi connectivity index (χ1n) is 6.82. The molecular weight excluding hydrogens is 252 g/mol. The average Bonchev–Trinajstić information content (AvgIpc) is 2.52. The molecule has 0 fully saturated rings. The maximum Gasteiger partial charge on any atom is 0.161 e. The number of benzene rings is 1. The second-order valence-corrected chi connectivity index (χ2v) is 4.44. The molecule has 20 heavy (non-hydrogen) atoms. The fourth-order valence-corrected chi connectivity index (χ4v) is 1.79. The normalized spacial score (nSPS) is 10.3. The van der Waals surface area contributed by atoms with Crippen molar-refractivity contribution in [2.24, 2.45) is 5.73 Å². The van der Waals surface area contributed by atoms with Crippen LogP contribution in [0, 0.1) is 0 Å². The van der Waals surface area contributed by atoms with Crippen LogP contribution in [0.4, 0.5) is 0 Å². The first-order valence-corrected chi connectivity index (χ1v) is 6.82. The number of nitrogens with two attached hydrogens (primary N) is 1. The average molecular weight is 272 g/mol. The molecule has 0 atom stereocenters. The van der Waals surface area contributed by atoms with Gasteiger partial charge in [-0.15, -0.1) is 0 Å². The third-order valence-electron chi connectivity index (χ3n) is 2.80. The number of aromatic nitrogens is 1. The van der Waals surface area contributed by atoms with Crippen LogP contribution in [-0.2, 0) is 13.2 Å². The standard InChI is InChI=1S/C16H20N2O2/c1-2-9-19-15-5-3-4-6-16(15)20-12-13-7-8-18-14(10-13)11-17/h3-8,10H,2,9,11-12,17H2,1H3. The predicted octanol–water partition coefficient (Wildman–Crippen LogP) is 2.91. The fraction of sp³-hybridized carbons (Fsp3) is 0.312. The van der Waals surface area contributed by atoms with Crippen LogP contribution < -0.4 is 15.2 Å². The Labute approximate surface area is 119 Å². The lowest BCUT2D eigenvalue weighted by molar-refractivity contribution is 0.262. The van der Waals surface area contributed by atoms with E-state index < -0.39 is 0 Å². The molecule has 2 N–H and O–H groups in total. The number of rotatable bonds is 7. The Morgan fingerprint density at radius 1 is 1.10 bits per heavy atom. The quantitative estimate of drug-likeness (QED) is 0.842. The smallest absolute Gasteiger partial charge is 0.161 e. The molecule has 0 amide bonds. The topological polar surface area (TPSA) is 57.4 Å². The van der Waals surface area contributed by atoms with Crippen molar-refractivity contribution in [3.8, 4) is 11.5 Å². The SMILES string of the molecule is CCCOc1ccccc1OCc1ccnc(CN)c1. The van der Waals surface area contributed by atoms with E-state index in [9.17, 15) is 0 Å². The van der Waals surface area contributed by atoms with Crippen LogP contribution in [0.3, 0.4) is 0 Å². The van der Waals surface area contributed by atoms with Gasteiger partial charge in [-0.2, -0.15) is 0 Å². The van der Waals surface area contributed by atoms with Crippen LogP contribution in [0.25, 0.3) is 0 Å². The van der Waals surface area contributed by atoms with Crippen molar-refractivity contribution >= 4 is 0 Å². The van der Waals surface area contributed by atoms with Gasteiger partial charge in [0, 0.05) is 12.7 Å². The molecular formula is C16H20N2O2. The molecule has 0 saturated heterocycles. The maximum atomic E-state index is 5.83. The second-order valence-electron chi connectivity index (χ2n) is 4.44. The highest BCUT2D eigenvalue weighted by Crippen LogP contribution is 2.27. The van der Waals surface area contributed by atoms with Crippen molar-refractivity contribution in [3.63, 3.8) is 0 Å². The Kier molecular flexibility index (Phi) is 5.38. The molecule has 4 nitrogen and oxygen atoms in total. The van der Waals surface area contributed by atoms with Crippen molar-refractivity contribution < 1.29 is 9.47 Å². The van der Waals surface area contributed by atoms with Gasteiger partial charge in [0.25, 0.3) is 0 Å². The van der Waals surface area contributed by atoms with Gasteiger partial charge in [0.2, 0.25) is 0 Å². The lowest BCUT2D eigenvalue weighted by Gasteiger charge is -2.12. The molecule has 0 aliphatic rings. The van der Waals surface area contributed by atoms with E-state index >= 15 is 0 Å². The summed E-state index contributed by atoms with van der Waals surface area (Å²) in [6, 6.07) is 11.6. The molecule has 0 spiro atoms. The Hall–Kier alpha value is -2.07. The van der Waals surface area contributed by atoms with Crippen molar-refractivity contribution in [1.82, 2.24) is 4.98 Å². The van der Waals surface area contributed by atoms with Crippen LogP contribution >= 0.6 is 0 Å². The van der Waals surface area contributed by atoms with E-state index in [0.717, 1.165) is 29.2 Å². The van der Waals surface area contributed by atoms with E-state index in [1.807, 2.05) is 36.4 Å². The predicted molar refractivity (Wildman–Crippen MR) is 78.7 cm³/mol. The summed E-state index contributed by atoms with van der Waals surface area (Å²) in [5.41, 5.74) is 7.49. The van der Waals surface area contributed by atoms with Gasteiger partial charge in [0.05, 0.1) is 12.3 Å². The minimum Gasteiger partial charge on any atom is -0.490 e. The van der Waals surface area contributed by atoms with Crippen LogP contribution in [0.2, 0.25) is 0 Å². The summed E-state index contributed by atoms with van der Waals surface area (Å²) in [4.78, 5) is 4.17. The van der Waals surface area contributed by atoms with E-state index in [2.05, 4.69) is 11.9 Å². The molecule has 0 saturated carbocycles. The summed E-state index contributed by atoms with van der Waals surface area (Å²) in [5.74, 6) is 1.54. The van der Waals surface area contributed by atoms with Crippen LogP contribution in [0.5, 0.6) is 11.5 Å². The van der Waals surface area contributed by atoms with Crippen molar-refractivity contribution in [2.45, 2.75) is 26.5 Å². The van der Waals surface area contributed by atoms with Gasteiger partial charge in [-0.1, -0.05) is 19.1 Å². The highest BCUT2D eigenvalue weighted by Gasteiger charge is 2.04. The Morgan fingerprint density at radius 2 is 1.85 bits per heavy atom. The van der Waals surface area contributed by atoms with Crippen LogP contribution in [0.1, 0.15) is 24.6 Å². The Balaban J connectivity index is 2.02. The summed E-state index contributed by atoms with van der Waals surface area (Å²) in [6.45, 7) is 3.67. The van der Waals surface area contributed by atoms with Crippen molar-refractivity contribution in [1.29, 1.82) is 0 Å². The molecule has 0 aliphatic heterocycles. The zero-order valence-electron chi connectivity index (χ0n) is 11.7. The summed E-state index contributed by atoms with van der Waals surface area (Å²) in [7, 11) is 0. The molecule has 2 aromatic rings. The first kappa shape index (κ1) is 14.3. The molecule has 106 valence electrons. The van der Waals surface area contributed by atoms with Gasteiger partial charge >= 0.3 is 0 Å². The number of nitrogens with zero attached hydrogens (tertiary/aromatic N) is 1. The van der Waals surface area contributed by atoms with Gasteiger partial charge in [-0.25, -0.2) is 0 Å². The highest BCUT2D eigenvalue weighted by molar-refractivity contribution is 5.39. The van der Waals surface area contributed by atoms with Gasteiger partial charge in [0.1, 0.15) is 6.61 Å². The zero-order valence-corrected chi connectivity index (χ0v) is 11.7. The van der Waals surface area contributed by atoms with Crippen molar-refractivity contribution in [2.75, 3.05) is 6.61 Å². The zero-order chi connectivity index (χ0) is 14.2. The molecule has 2 rings (SSSR count). The number of hydrogen-bond donors (Lipinski definition) is 1. The van der Waals surface area contributed by atoms with E-state index in [0.29, 0.717) is 19.8 Å². The number of ether oxygens (including phenoxy) is 2. The van der Waals surface area contributed by atoms with E-state index in [-0.39, 0.29) is 0 Å². The molecule has 1 aromatic carbocycles. The second kappa shape index (κ2) is 7.50. The summed E-state index contributed by atoms with van der Waals surface area (Å²) in [6.07, 6.45) is 2.72. The number of hydrogen-bond acceptors (Lipinski definition) is 4. The monoisotopic (exact) mass is 272 g/mol. The van der Waals surface area contributed by atoms with Gasteiger partial charge < -0.3 is 15.2 Å². The van der Waals surface area contributed by atoms with Crippen molar-refractivity contribution in [3.05, 3.63) is 53.9 Å². The fourth-order valence-electron chi connectivity index (χ4n) is 1.79. The Bertz CT molecular complexity index is 544. The van der Waals surface area contributed by atoms with Crippen LogP contribution in [-0.4, -0.2) is 11.6 Å². The molecule has 0 unspecified atom stereocenters. The molecule has 1 heterocycles. The van der Waals surface area contributed by atoms with Crippen LogP contribution in [0.15, 0.2) is 42.6 Å². The molecule has 0 radical (unpaired) electrons. The third-order valence-corrected chi connectivity index (χ3v) is 2.80. The van der Waals surface area contributed by atoms with E-state index in [4.69, 9.17) is 15.2 Å². The van der Waals surface area contributed by atoms with Gasteiger partial charge in [0.15, 0.2) is 11.5 Å². The maximum absolute atomic E-state index is 5.83.